The molecule has 5 aromatic rings. The van der Waals surface area contributed by atoms with E-state index in [1.807, 2.05) is 61.7 Å². The summed E-state index contributed by atoms with van der Waals surface area (Å²) in [7, 11) is 0. The molecule has 3 aliphatic heterocycles. The molecule has 3 amide bonds. The lowest BCUT2D eigenvalue weighted by molar-refractivity contribution is -0.136. The maximum Gasteiger partial charge on any atom is 0.255 e. The fourth-order valence-corrected chi connectivity index (χ4v) is 8.09. The zero-order chi connectivity index (χ0) is 35.9. The summed E-state index contributed by atoms with van der Waals surface area (Å²) in [4.78, 5) is 49.2. The number of nitrogens with zero attached hydrogens (tertiary/aromatic N) is 6. The summed E-state index contributed by atoms with van der Waals surface area (Å²) in [6, 6.07) is 16.5. The molecule has 256 valence electrons. The Hall–Kier alpha value is -5.88. The molecule has 3 aliphatic rings. The Balaban J connectivity index is 0.964. The molecule has 1 atom stereocenters. The highest BCUT2D eigenvalue weighted by Gasteiger charge is 2.39. The highest BCUT2D eigenvalue weighted by molar-refractivity contribution is 7.15. The summed E-state index contributed by atoms with van der Waals surface area (Å²) in [5.74, 6) is 13.7. The molecule has 6 heterocycles. The van der Waals surface area contributed by atoms with Gasteiger partial charge in [0, 0.05) is 52.9 Å². The molecular weight excluding hydrogens is 694 g/mol. The van der Waals surface area contributed by atoms with Crippen LogP contribution in [-0.4, -0.2) is 54.1 Å². The van der Waals surface area contributed by atoms with Gasteiger partial charge in [-0.15, -0.1) is 21.5 Å². The summed E-state index contributed by atoms with van der Waals surface area (Å²) in [5, 5.41) is 12.7. The van der Waals surface area contributed by atoms with Crippen LogP contribution < -0.4 is 5.32 Å². The zero-order valence-corrected chi connectivity index (χ0v) is 29.9. The molecule has 0 radical (unpaired) electrons. The summed E-state index contributed by atoms with van der Waals surface area (Å²) in [6.07, 6.45) is 3.68. The fraction of sp³-hybridized carbons (Fsp3) is 0.225. The first-order chi connectivity index (χ1) is 25.2. The molecule has 0 spiro atoms. The topological polar surface area (TPSA) is 122 Å². The van der Waals surface area contributed by atoms with Crippen molar-refractivity contribution in [2.24, 2.45) is 4.99 Å². The molecule has 1 fully saturated rings. The standard InChI is InChI=1S/C40H30ClN7O3S/c1-23-33(52-40-36(23)37(27-11-13-28(41)14-12-27)43-21-34-46-45-24(2)48(34)40)18-16-29-15-10-25(20-42-29)6-3-4-7-26-8-5-9-30-31(26)22-47(39(30)51)32-17-19-35(49)44-38(32)50/h5,8-15,20,32H,3,6,17,19,21-22H2,1-2H3,(H,44,49,50). The van der Waals surface area contributed by atoms with Crippen LogP contribution in [-0.2, 0) is 29.1 Å². The Morgan fingerprint density at radius 3 is 2.63 bits per heavy atom. The quantitative estimate of drug-likeness (QED) is 0.193. The number of fused-ring (bicyclic) bond motifs is 4. The molecule has 0 bridgehead atoms. The Morgan fingerprint density at radius 2 is 1.85 bits per heavy atom. The van der Waals surface area contributed by atoms with Crippen molar-refractivity contribution in [1.29, 1.82) is 0 Å². The lowest BCUT2D eigenvalue weighted by Crippen LogP contribution is -2.52. The molecule has 8 rings (SSSR count). The van der Waals surface area contributed by atoms with Crippen molar-refractivity contribution < 1.29 is 14.4 Å². The van der Waals surface area contributed by atoms with Crippen LogP contribution in [0.15, 0.2) is 65.8 Å². The van der Waals surface area contributed by atoms with E-state index in [0.29, 0.717) is 48.6 Å². The van der Waals surface area contributed by atoms with Gasteiger partial charge in [-0.05, 0) is 85.6 Å². The van der Waals surface area contributed by atoms with Gasteiger partial charge in [0.1, 0.15) is 29.1 Å². The molecule has 0 aliphatic carbocycles. The highest BCUT2D eigenvalue weighted by Crippen LogP contribution is 2.36. The van der Waals surface area contributed by atoms with Crippen molar-refractivity contribution in [2.75, 3.05) is 0 Å². The van der Waals surface area contributed by atoms with E-state index >= 15 is 0 Å². The first-order valence-electron chi connectivity index (χ1n) is 16.8. The maximum atomic E-state index is 13.1. The Bertz CT molecular complexity index is 2460. The second kappa shape index (κ2) is 13.7. The Labute approximate surface area is 309 Å². The number of rotatable bonds is 4. The van der Waals surface area contributed by atoms with E-state index in [1.54, 1.807) is 22.3 Å². The van der Waals surface area contributed by atoms with E-state index in [9.17, 15) is 14.4 Å². The van der Waals surface area contributed by atoms with Gasteiger partial charge in [-0.1, -0.05) is 47.7 Å². The summed E-state index contributed by atoms with van der Waals surface area (Å²) in [5.41, 5.74) is 7.75. The number of aliphatic imine (C=N–C) groups is 1. The van der Waals surface area contributed by atoms with E-state index in [0.717, 1.165) is 60.6 Å². The average Bonchev–Trinajstić information content (AvgIpc) is 3.75. The Kier molecular flexibility index (Phi) is 8.76. The van der Waals surface area contributed by atoms with Crippen LogP contribution in [0, 0.1) is 37.5 Å². The SMILES string of the molecule is Cc1c(C#Cc2ccc(CCC#Cc3cccc4c3CN(C3CCC(=O)NC3=O)C4=O)cn2)sc2c1C(c1ccc(Cl)cc1)=NCc1nnc(C)n1-2. The number of nitrogens with one attached hydrogen (secondary N) is 1. The number of carbonyl (C=O) groups is 3. The molecule has 1 unspecified atom stereocenters. The van der Waals surface area contributed by atoms with Gasteiger partial charge < -0.3 is 4.90 Å². The van der Waals surface area contributed by atoms with Crippen LogP contribution >= 0.6 is 22.9 Å². The third kappa shape index (κ3) is 6.19. The number of aryl methyl sites for hydroxylation is 2. The number of piperidine rings is 1. The number of hydrogen-bond donors (Lipinski definition) is 1. The predicted molar refractivity (Wildman–Crippen MR) is 197 cm³/mol. The fourth-order valence-electron chi connectivity index (χ4n) is 6.73. The smallest absolute Gasteiger partial charge is 0.255 e. The van der Waals surface area contributed by atoms with E-state index in [1.165, 1.54) is 0 Å². The van der Waals surface area contributed by atoms with Crippen LogP contribution in [0.5, 0.6) is 0 Å². The van der Waals surface area contributed by atoms with Crippen LogP contribution in [0.1, 0.15) is 85.2 Å². The first-order valence-corrected chi connectivity index (χ1v) is 18.0. The molecule has 0 saturated carbocycles. The van der Waals surface area contributed by atoms with E-state index in [-0.39, 0.29) is 18.2 Å². The van der Waals surface area contributed by atoms with Gasteiger partial charge in [0.2, 0.25) is 11.8 Å². The monoisotopic (exact) mass is 723 g/mol. The number of carbonyl (C=O) groups excluding carboxylic acids is 3. The van der Waals surface area contributed by atoms with Gasteiger partial charge >= 0.3 is 0 Å². The minimum absolute atomic E-state index is 0.206. The molecule has 52 heavy (non-hydrogen) atoms. The van der Waals surface area contributed by atoms with Crippen molar-refractivity contribution in [3.8, 4) is 28.7 Å². The molecule has 1 saturated heterocycles. The number of thiophene rings is 1. The van der Waals surface area contributed by atoms with Crippen molar-refractivity contribution in [3.63, 3.8) is 0 Å². The van der Waals surface area contributed by atoms with Crippen molar-refractivity contribution >= 4 is 46.4 Å². The summed E-state index contributed by atoms with van der Waals surface area (Å²) >= 11 is 7.79. The third-order valence-corrected chi connectivity index (χ3v) is 10.9. The van der Waals surface area contributed by atoms with Gasteiger partial charge in [0.15, 0.2) is 5.82 Å². The molecule has 10 nitrogen and oxygen atoms in total. The van der Waals surface area contributed by atoms with Crippen molar-refractivity contribution in [1.82, 2.24) is 30.0 Å². The van der Waals surface area contributed by atoms with Crippen LogP contribution in [0.3, 0.4) is 0 Å². The second-order valence-electron chi connectivity index (χ2n) is 12.7. The third-order valence-electron chi connectivity index (χ3n) is 9.43. The van der Waals surface area contributed by atoms with Gasteiger partial charge in [-0.3, -0.25) is 29.3 Å². The van der Waals surface area contributed by atoms with Crippen LogP contribution in [0.4, 0.5) is 0 Å². The summed E-state index contributed by atoms with van der Waals surface area (Å²) in [6.45, 7) is 4.73. The van der Waals surface area contributed by atoms with Gasteiger partial charge in [0.05, 0.1) is 10.6 Å². The van der Waals surface area contributed by atoms with Gasteiger partial charge in [0.25, 0.3) is 5.91 Å². The molecule has 1 N–H and O–H groups in total. The largest absolute Gasteiger partial charge is 0.322 e. The van der Waals surface area contributed by atoms with E-state index in [2.05, 4.69) is 55.7 Å². The highest BCUT2D eigenvalue weighted by atomic mass is 35.5. The number of aromatic nitrogens is 4. The minimum atomic E-state index is -0.655. The molecule has 12 heteroatoms. The predicted octanol–water partition coefficient (Wildman–Crippen LogP) is 5.49. The number of pyridine rings is 1. The normalized spacial score (nSPS) is 16.1. The van der Waals surface area contributed by atoms with Gasteiger partial charge in [-0.25, -0.2) is 4.98 Å². The van der Waals surface area contributed by atoms with E-state index < -0.39 is 11.9 Å². The minimum Gasteiger partial charge on any atom is -0.322 e. The van der Waals surface area contributed by atoms with Gasteiger partial charge in [-0.2, -0.15) is 0 Å². The number of hydrogen-bond acceptors (Lipinski definition) is 8. The van der Waals surface area contributed by atoms with Crippen LogP contribution in [0.2, 0.25) is 5.02 Å². The zero-order valence-electron chi connectivity index (χ0n) is 28.3. The van der Waals surface area contributed by atoms with Crippen LogP contribution in [0.25, 0.3) is 5.00 Å². The lowest BCUT2D eigenvalue weighted by atomic mass is 10.00. The summed E-state index contributed by atoms with van der Waals surface area (Å²) < 4.78 is 2.07. The maximum absolute atomic E-state index is 13.1. The second-order valence-corrected chi connectivity index (χ2v) is 14.2. The van der Waals surface area contributed by atoms with Crippen molar-refractivity contribution in [3.05, 3.63) is 127 Å². The Morgan fingerprint density at radius 1 is 1.00 bits per heavy atom. The number of benzene rings is 2. The van der Waals surface area contributed by atoms with Crippen molar-refractivity contribution in [2.45, 2.75) is 58.7 Å². The number of halogens is 1. The number of amides is 3. The van der Waals surface area contributed by atoms with E-state index in [4.69, 9.17) is 16.6 Å². The first kappa shape index (κ1) is 33.3. The lowest BCUT2D eigenvalue weighted by Gasteiger charge is -2.29. The number of imide groups is 1. The molecular formula is C40H30ClN7O3S. The average molecular weight is 724 g/mol. The molecule has 3 aromatic heterocycles. The molecule has 2 aromatic carbocycles.